The first-order valence-corrected chi connectivity index (χ1v) is 7.13. The van der Waals surface area contributed by atoms with E-state index in [4.69, 9.17) is 4.74 Å². The van der Waals surface area contributed by atoms with Crippen molar-refractivity contribution >= 4 is 5.97 Å². The van der Waals surface area contributed by atoms with Gasteiger partial charge in [-0.05, 0) is 57.4 Å². The number of ether oxygens (including phenoxy) is 1. The quantitative estimate of drug-likeness (QED) is 0.809. The number of aryl methyl sites for hydroxylation is 1. The molecule has 0 amide bonds. The van der Waals surface area contributed by atoms with Crippen molar-refractivity contribution in [3.63, 3.8) is 0 Å². The van der Waals surface area contributed by atoms with Crippen LogP contribution in [0, 0.1) is 20.8 Å². The molecule has 0 aliphatic rings. The molecule has 0 bridgehead atoms. The highest BCUT2D eigenvalue weighted by atomic mass is 16.5. The molecule has 0 aliphatic carbocycles. The molecule has 21 heavy (non-hydrogen) atoms. The molecule has 0 radical (unpaired) electrons. The number of esters is 1. The lowest BCUT2D eigenvalue weighted by molar-refractivity contribution is 0.0600. The van der Waals surface area contributed by atoms with Crippen molar-refractivity contribution in [2.45, 2.75) is 40.2 Å². The van der Waals surface area contributed by atoms with Crippen LogP contribution in [-0.2, 0) is 11.2 Å². The Kier molecular flexibility index (Phi) is 4.46. The minimum absolute atomic E-state index is 0.279. The largest absolute Gasteiger partial charge is 0.465 e. The third-order valence-electron chi connectivity index (χ3n) is 4.01. The molecular formula is C17H22N2O2. The van der Waals surface area contributed by atoms with Gasteiger partial charge in [-0.3, -0.25) is 4.68 Å². The highest BCUT2D eigenvalue weighted by molar-refractivity contribution is 5.89. The van der Waals surface area contributed by atoms with E-state index >= 15 is 0 Å². The number of nitrogens with zero attached hydrogens (tertiary/aromatic N) is 2. The van der Waals surface area contributed by atoms with Crippen LogP contribution < -0.4 is 0 Å². The molecule has 1 aromatic carbocycles. The molecule has 0 N–H and O–H groups in total. The zero-order chi connectivity index (χ0) is 15.6. The lowest BCUT2D eigenvalue weighted by atomic mass is 10.0. The van der Waals surface area contributed by atoms with Crippen molar-refractivity contribution in [2.24, 2.45) is 0 Å². The molecule has 0 saturated heterocycles. The molecule has 1 unspecified atom stereocenters. The normalized spacial score (nSPS) is 12.2. The van der Waals surface area contributed by atoms with Crippen LogP contribution in [0.3, 0.4) is 0 Å². The summed E-state index contributed by atoms with van der Waals surface area (Å²) < 4.78 is 6.79. The molecule has 0 spiro atoms. The summed E-state index contributed by atoms with van der Waals surface area (Å²) in [5.41, 5.74) is 5.31. The SMILES string of the molecule is COC(=O)c1ccc(CC(C)n2nc(C)c(C)c2C)cc1. The Morgan fingerprint density at radius 1 is 1.24 bits per heavy atom. The molecule has 2 aromatic rings. The zero-order valence-electron chi connectivity index (χ0n) is 13.3. The van der Waals surface area contributed by atoms with Crippen LogP contribution >= 0.6 is 0 Å². The van der Waals surface area contributed by atoms with Gasteiger partial charge < -0.3 is 4.74 Å². The highest BCUT2D eigenvalue weighted by Gasteiger charge is 2.14. The summed E-state index contributed by atoms with van der Waals surface area (Å²) in [4.78, 5) is 11.4. The fourth-order valence-electron chi connectivity index (χ4n) is 2.50. The molecule has 2 rings (SSSR count). The number of rotatable bonds is 4. The molecule has 112 valence electrons. The molecule has 4 nitrogen and oxygen atoms in total. The fourth-order valence-corrected chi connectivity index (χ4v) is 2.50. The molecule has 1 heterocycles. The average molecular weight is 286 g/mol. The van der Waals surface area contributed by atoms with Crippen molar-refractivity contribution in [1.29, 1.82) is 0 Å². The van der Waals surface area contributed by atoms with Gasteiger partial charge >= 0.3 is 5.97 Å². The Morgan fingerprint density at radius 2 is 1.86 bits per heavy atom. The van der Waals surface area contributed by atoms with Crippen LogP contribution in [0.2, 0.25) is 0 Å². The van der Waals surface area contributed by atoms with Gasteiger partial charge in [0.25, 0.3) is 0 Å². The molecule has 4 heteroatoms. The van der Waals surface area contributed by atoms with Crippen LogP contribution in [-0.4, -0.2) is 22.9 Å². The second-order valence-corrected chi connectivity index (χ2v) is 5.48. The zero-order valence-corrected chi connectivity index (χ0v) is 13.3. The first-order chi connectivity index (χ1) is 9.93. The Labute approximate surface area is 125 Å². The summed E-state index contributed by atoms with van der Waals surface area (Å²) in [7, 11) is 1.39. The van der Waals surface area contributed by atoms with Crippen LogP contribution in [0.5, 0.6) is 0 Å². The number of aromatic nitrogens is 2. The highest BCUT2D eigenvalue weighted by Crippen LogP contribution is 2.20. The Morgan fingerprint density at radius 3 is 2.33 bits per heavy atom. The molecular weight excluding hydrogens is 264 g/mol. The number of carbonyl (C=O) groups excluding carboxylic acids is 1. The van der Waals surface area contributed by atoms with E-state index in [-0.39, 0.29) is 12.0 Å². The predicted molar refractivity (Wildman–Crippen MR) is 82.6 cm³/mol. The molecule has 1 atom stereocenters. The van der Waals surface area contributed by atoms with Crippen LogP contribution in [0.25, 0.3) is 0 Å². The molecule has 0 saturated carbocycles. The van der Waals surface area contributed by atoms with Crippen LogP contribution in [0.1, 0.15) is 45.8 Å². The first-order valence-electron chi connectivity index (χ1n) is 7.13. The summed E-state index contributed by atoms with van der Waals surface area (Å²) in [5.74, 6) is -0.302. The number of methoxy groups -OCH3 is 1. The van der Waals surface area contributed by atoms with E-state index in [0.29, 0.717) is 5.56 Å². The van der Waals surface area contributed by atoms with E-state index in [1.807, 2.05) is 19.1 Å². The maximum atomic E-state index is 11.4. The van der Waals surface area contributed by atoms with Gasteiger partial charge in [0, 0.05) is 5.69 Å². The van der Waals surface area contributed by atoms with Gasteiger partial charge in [-0.25, -0.2) is 4.79 Å². The van der Waals surface area contributed by atoms with Gasteiger partial charge in [0.2, 0.25) is 0 Å². The van der Waals surface area contributed by atoms with E-state index in [1.54, 1.807) is 12.1 Å². The van der Waals surface area contributed by atoms with Crippen molar-refractivity contribution in [2.75, 3.05) is 7.11 Å². The number of hydrogen-bond donors (Lipinski definition) is 0. The Hall–Kier alpha value is -2.10. The molecule has 0 fully saturated rings. The molecule has 0 aliphatic heterocycles. The van der Waals surface area contributed by atoms with Gasteiger partial charge in [-0.15, -0.1) is 0 Å². The minimum Gasteiger partial charge on any atom is -0.465 e. The van der Waals surface area contributed by atoms with Crippen molar-refractivity contribution in [1.82, 2.24) is 9.78 Å². The Balaban J connectivity index is 2.14. The minimum atomic E-state index is -0.302. The van der Waals surface area contributed by atoms with Crippen LogP contribution in [0.4, 0.5) is 0 Å². The maximum absolute atomic E-state index is 11.4. The summed E-state index contributed by atoms with van der Waals surface area (Å²) >= 11 is 0. The van der Waals surface area contributed by atoms with Crippen molar-refractivity contribution in [3.8, 4) is 0 Å². The van der Waals surface area contributed by atoms with Gasteiger partial charge in [0.05, 0.1) is 24.4 Å². The third-order valence-corrected chi connectivity index (χ3v) is 4.01. The number of carbonyl (C=O) groups is 1. The second kappa shape index (κ2) is 6.12. The number of benzene rings is 1. The lowest BCUT2D eigenvalue weighted by Gasteiger charge is -2.15. The number of hydrogen-bond acceptors (Lipinski definition) is 3. The second-order valence-electron chi connectivity index (χ2n) is 5.48. The standard InChI is InChI=1S/C17H22N2O2/c1-11(19-14(4)12(2)13(3)18-19)10-15-6-8-16(9-7-15)17(20)21-5/h6-9,11H,10H2,1-5H3. The van der Waals surface area contributed by atoms with Gasteiger partial charge in [-0.2, -0.15) is 5.10 Å². The van der Waals surface area contributed by atoms with E-state index < -0.39 is 0 Å². The summed E-state index contributed by atoms with van der Waals surface area (Å²) in [6, 6.07) is 7.84. The maximum Gasteiger partial charge on any atom is 0.337 e. The average Bonchev–Trinajstić information content (AvgIpc) is 2.75. The monoisotopic (exact) mass is 286 g/mol. The van der Waals surface area contributed by atoms with Crippen molar-refractivity contribution in [3.05, 3.63) is 52.3 Å². The smallest absolute Gasteiger partial charge is 0.337 e. The summed E-state index contributed by atoms with van der Waals surface area (Å²) in [6.07, 6.45) is 0.878. The summed E-state index contributed by atoms with van der Waals surface area (Å²) in [6.45, 7) is 8.40. The van der Waals surface area contributed by atoms with E-state index in [2.05, 4.69) is 30.6 Å². The predicted octanol–water partition coefficient (Wildman–Crippen LogP) is 3.40. The van der Waals surface area contributed by atoms with Gasteiger partial charge in [0.15, 0.2) is 0 Å². The topological polar surface area (TPSA) is 44.1 Å². The third kappa shape index (κ3) is 3.15. The van der Waals surface area contributed by atoms with E-state index in [0.717, 1.165) is 12.1 Å². The van der Waals surface area contributed by atoms with Gasteiger partial charge in [0.1, 0.15) is 0 Å². The van der Waals surface area contributed by atoms with Crippen LogP contribution in [0.15, 0.2) is 24.3 Å². The first kappa shape index (κ1) is 15.3. The lowest BCUT2D eigenvalue weighted by Crippen LogP contribution is -2.12. The fraction of sp³-hybridized carbons (Fsp3) is 0.412. The van der Waals surface area contributed by atoms with E-state index in [1.165, 1.54) is 23.9 Å². The van der Waals surface area contributed by atoms with Gasteiger partial charge in [-0.1, -0.05) is 12.1 Å². The molecule has 1 aromatic heterocycles. The summed E-state index contributed by atoms with van der Waals surface area (Å²) in [5, 5.41) is 4.61. The Bertz CT molecular complexity index is 642. The van der Waals surface area contributed by atoms with E-state index in [9.17, 15) is 4.79 Å². The van der Waals surface area contributed by atoms with Crippen molar-refractivity contribution < 1.29 is 9.53 Å².